The number of rotatable bonds is 12. The Hall–Kier alpha value is -0.980. The number of hydrogen-bond acceptors (Lipinski definition) is 1. The molecular weight excluding hydrogens is 268 g/mol. The molecule has 1 heteroatoms. The predicted molar refractivity (Wildman–Crippen MR) is 97.7 cm³/mol. The smallest absolute Gasteiger partial charge is 0.119 e. The third-order valence-electron chi connectivity index (χ3n) is 4.70. The first-order chi connectivity index (χ1) is 10.7. The van der Waals surface area contributed by atoms with Gasteiger partial charge in [0.05, 0.1) is 0 Å². The SMILES string of the molecule is CCCCCCCc1c(O)cccc1C(CCC)CCCC. The van der Waals surface area contributed by atoms with Crippen molar-refractivity contribution in [3.8, 4) is 5.75 Å². The van der Waals surface area contributed by atoms with Crippen LogP contribution in [0.15, 0.2) is 18.2 Å². The minimum Gasteiger partial charge on any atom is -0.508 e. The second-order valence-electron chi connectivity index (χ2n) is 6.64. The third kappa shape index (κ3) is 6.42. The van der Waals surface area contributed by atoms with Crippen LogP contribution in [0, 0.1) is 0 Å². The average molecular weight is 305 g/mol. The second kappa shape index (κ2) is 11.6. The van der Waals surface area contributed by atoms with Gasteiger partial charge in [0.1, 0.15) is 5.75 Å². The first-order valence-electron chi connectivity index (χ1n) is 9.55. The van der Waals surface area contributed by atoms with Crippen molar-refractivity contribution in [3.63, 3.8) is 0 Å². The van der Waals surface area contributed by atoms with E-state index in [1.165, 1.54) is 75.3 Å². The Balaban J connectivity index is 2.76. The topological polar surface area (TPSA) is 20.2 Å². The molecule has 0 aromatic heterocycles. The van der Waals surface area contributed by atoms with Gasteiger partial charge in [-0.15, -0.1) is 0 Å². The Morgan fingerprint density at radius 1 is 0.818 bits per heavy atom. The van der Waals surface area contributed by atoms with Crippen LogP contribution in [0.4, 0.5) is 0 Å². The molecule has 0 amide bonds. The number of benzene rings is 1. The standard InChI is InChI=1S/C21H36O/c1-4-7-9-10-11-15-20-19(16-12-17-21(20)22)18(13-6-3)14-8-5-2/h12,16-18,22H,4-11,13-15H2,1-3H3. The molecule has 0 saturated heterocycles. The summed E-state index contributed by atoms with van der Waals surface area (Å²) < 4.78 is 0. The monoisotopic (exact) mass is 304 g/mol. The lowest BCUT2D eigenvalue weighted by Crippen LogP contribution is -2.04. The highest BCUT2D eigenvalue weighted by Gasteiger charge is 2.16. The molecule has 0 heterocycles. The molecule has 1 N–H and O–H groups in total. The van der Waals surface area contributed by atoms with Crippen molar-refractivity contribution in [2.24, 2.45) is 0 Å². The van der Waals surface area contributed by atoms with Gasteiger partial charge in [0.25, 0.3) is 0 Å². The van der Waals surface area contributed by atoms with Crippen LogP contribution >= 0.6 is 0 Å². The summed E-state index contributed by atoms with van der Waals surface area (Å²) in [6, 6.07) is 6.16. The van der Waals surface area contributed by atoms with E-state index < -0.39 is 0 Å². The maximum Gasteiger partial charge on any atom is 0.119 e. The van der Waals surface area contributed by atoms with E-state index in [1.54, 1.807) is 0 Å². The fourth-order valence-electron chi connectivity index (χ4n) is 3.41. The lowest BCUT2D eigenvalue weighted by molar-refractivity contribution is 0.459. The van der Waals surface area contributed by atoms with Crippen molar-refractivity contribution in [1.82, 2.24) is 0 Å². The average Bonchev–Trinajstić information content (AvgIpc) is 2.52. The van der Waals surface area contributed by atoms with E-state index in [-0.39, 0.29) is 0 Å². The highest BCUT2D eigenvalue weighted by atomic mass is 16.3. The van der Waals surface area contributed by atoms with Gasteiger partial charge in [-0.05, 0) is 48.8 Å². The molecule has 0 aliphatic rings. The summed E-state index contributed by atoms with van der Waals surface area (Å²) in [4.78, 5) is 0. The Morgan fingerprint density at radius 3 is 2.23 bits per heavy atom. The zero-order valence-corrected chi connectivity index (χ0v) is 15.0. The molecule has 126 valence electrons. The van der Waals surface area contributed by atoms with E-state index in [4.69, 9.17) is 0 Å². The molecule has 0 spiro atoms. The van der Waals surface area contributed by atoms with Crippen molar-refractivity contribution < 1.29 is 5.11 Å². The number of unbranched alkanes of at least 4 members (excludes halogenated alkanes) is 5. The third-order valence-corrected chi connectivity index (χ3v) is 4.70. The normalized spacial score (nSPS) is 12.5. The number of phenolic OH excluding ortho intramolecular Hbond substituents is 1. The van der Waals surface area contributed by atoms with Crippen LogP contribution in [0.1, 0.15) is 102 Å². The van der Waals surface area contributed by atoms with E-state index in [2.05, 4.69) is 26.8 Å². The molecule has 0 bridgehead atoms. The summed E-state index contributed by atoms with van der Waals surface area (Å²) >= 11 is 0. The predicted octanol–water partition coefficient (Wildman–Crippen LogP) is 6.98. The lowest BCUT2D eigenvalue weighted by Gasteiger charge is -2.21. The van der Waals surface area contributed by atoms with E-state index in [0.717, 1.165) is 6.42 Å². The van der Waals surface area contributed by atoms with Crippen LogP contribution in [0.2, 0.25) is 0 Å². The Labute approximate surface area is 138 Å². The zero-order chi connectivity index (χ0) is 16.2. The van der Waals surface area contributed by atoms with Crippen molar-refractivity contribution in [1.29, 1.82) is 0 Å². The van der Waals surface area contributed by atoms with Gasteiger partial charge in [-0.3, -0.25) is 0 Å². The van der Waals surface area contributed by atoms with Crippen molar-refractivity contribution in [3.05, 3.63) is 29.3 Å². The van der Waals surface area contributed by atoms with Crippen molar-refractivity contribution in [2.75, 3.05) is 0 Å². The first kappa shape index (κ1) is 19.1. The maximum absolute atomic E-state index is 10.3. The molecular formula is C21H36O. The Bertz CT molecular complexity index is 397. The Morgan fingerprint density at radius 2 is 1.55 bits per heavy atom. The van der Waals surface area contributed by atoms with E-state index >= 15 is 0 Å². The van der Waals surface area contributed by atoms with E-state index in [9.17, 15) is 5.11 Å². The van der Waals surface area contributed by atoms with Crippen LogP contribution < -0.4 is 0 Å². The maximum atomic E-state index is 10.3. The summed E-state index contributed by atoms with van der Waals surface area (Å²) in [5, 5.41) is 10.3. The largest absolute Gasteiger partial charge is 0.508 e. The molecule has 0 saturated carbocycles. The minimum atomic E-state index is 0.519. The molecule has 0 radical (unpaired) electrons. The van der Waals surface area contributed by atoms with Gasteiger partial charge in [0, 0.05) is 0 Å². The summed E-state index contributed by atoms with van der Waals surface area (Å²) in [6.45, 7) is 6.79. The van der Waals surface area contributed by atoms with Gasteiger partial charge in [-0.2, -0.15) is 0 Å². The molecule has 22 heavy (non-hydrogen) atoms. The summed E-state index contributed by atoms with van der Waals surface area (Å²) in [5.74, 6) is 1.15. The molecule has 0 aliphatic heterocycles. The van der Waals surface area contributed by atoms with Crippen LogP contribution in [-0.4, -0.2) is 5.11 Å². The quantitative estimate of drug-likeness (QED) is 0.413. The molecule has 1 aromatic carbocycles. The molecule has 1 aromatic rings. The van der Waals surface area contributed by atoms with Crippen molar-refractivity contribution >= 4 is 0 Å². The van der Waals surface area contributed by atoms with Crippen LogP contribution in [0.3, 0.4) is 0 Å². The van der Waals surface area contributed by atoms with Crippen molar-refractivity contribution in [2.45, 2.75) is 97.3 Å². The van der Waals surface area contributed by atoms with Gasteiger partial charge in [0.2, 0.25) is 0 Å². The summed E-state index contributed by atoms with van der Waals surface area (Å²) in [6.07, 6.45) is 13.8. The first-order valence-corrected chi connectivity index (χ1v) is 9.55. The van der Waals surface area contributed by atoms with E-state index in [0.29, 0.717) is 11.7 Å². The van der Waals surface area contributed by atoms with Crippen LogP contribution in [0.5, 0.6) is 5.75 Å². The van der Waals surface area contributed by atoms with Gasteiger partial charge < -0.3 is 5.11 Å². The fourth-order valence-corrected chi connectivity index (χ4v) is 3.41. The fraction of sp³-hybridized carbons (Fsp3) is 0.714. The summed E-state index contributed by atoms with van der Waals surface area (Å²) in [5.41, 5.74) is 2.65. The van der Waals surface area contributed by atoms with Gasteiger partial charge >= 0.3 is 0 Å². The Kier molecular flexibility index (Phi) is 10.0. The molecule has 1 rings (SSSR count). The highest BCUT2D eigenvalue weighted by Crippen LogP contribution is 2.34. The minimum absolute atomic E-state index is 0.519. The molecule has 0 fully saturated rings. The number of aromatic hydroxyl groups is 1. The van der Waals surface area contributed by atoms with Crippen LogP contribution in [0.25, 0.3) is 0 Å². The lowest BCUT2D eigenvalue weighted by atomic mass is 9.85. The van der Waals surface area contributed by atoms with Crippen LogP contribution in [-0.2, 0) is 6.42 Å². The molecule has 1 nitrogen and oxygen atoms in total. The summed E-state index contributed by atoms with van der Waals surface area (Å²) in [7, 11) is 0. The second-order valence-corrected chi connectivity index (χ2v) is 6.64. The molecule has 1 unspecified atom stereocenters. The highest BCUT2D eigenvalue weighted by molar-refractivity contribution is 5.41. The van der Waals surface area contributed by atoms with E-state index in [1.807, 2.05) is 12.1 Å². The molecule has 0 aliphatic carbocycles. The number of phenols is 1. The zero-order valence-electron chi connectivity index (χ0n) is 15.0. The number of hydrogen-bond donors (Lipinski definition) is 1. The van der Waals surface area contributed by atoms with Gasteiger partial charge in [-0.1, -0.05) is 77.8 Å². The van der Waals surface area contributed by atoms with Gasteiger partial charge in [0.15, 0.2) is 0 Å². The van der Waals surface area contributed by atoms with Gasteiger partial charge in [-0.25, -0.2) is 0 Å². The molecule has 1 atom stereocenters.